The summed E-state index contributed by atoms with van der Waals surface area (Å²) in [5.41, 5.74) is 4.61. The Balaban J connectivity index is 2.20. The standard InChI is InChI=1S/C23H30INO/c1-22(2,3)17-12-13-18(23(4,5)6)20(15-17)25-21(26)14-11-16-9-7-8-10-19(16)24/h7-10,12-13,15H,11,14H2,1-6H3,(H,25,26). The zero-order valence-corrected chi connectivity index (χ0v) is 18.9. The number of nitrogens with one attached hydrogen (secondary N) is 1. The Kier molecular flexibility index (Phi) is 6.54. The smallest absolute Gasteiger partial charge is 0.224 e. The van der Waals surface area contributed by atoms with Crippen LogP contribution >= 0.6 is 22.6 Å². The molecule has 0 bridgehead atoms. The monoisotopic (exact) mass is 463 g/mol. The van der Waals surface area contributed by atoms with Crippen LogP contribution in [0.5, 0.6) is 0 Å². The molecular formula is C23H30INO. The van der Waals surface area contributed by atoms with Crippen molar-refractivity contribution in [2.75, 3.05) is 5.32 Å². The lowest BCUT2D eigenvalue weighted by atomic mass is 9.81. The predicted octanol–water partition coefficient (Wildman–Crippen LogP) is 6.46. The molecule has 0 saturated heterocycles. The number of halogens is 1. The Morgan fingerprint density at radius 1 is 0.962 bits per heavy atom. The summed E-state index contributed by atoms with van der Waals surface area (Å²) in [6.07, 6.45) is 1.25. The molecule has 0 heterocycles. The van der Waals surface area contributed by atoms with E-state index in [1.807, 2.05) is 12.1 Å². The Bertz CT molecular complexity index is 782. The first-order valence-electron chi connectivity index (χ1n) is 9.17. The van der Waals surface area contributed by atoms with Gasteiger partial charge >= 0.3 is 0 Å². The highest BCUT2D eigenvalue weighted by Gasteiger charge is 2.22. The molecule has 0 saturated carbocycles. The van der Waals surface area contributed by atoms with Crippen LogP contribution in [-0.4, -0.2) is 5.91 Å². The zero-order valence-electron chi connectivity index (χ0n) is 16.7. The van der Waals surface area contributed by atoms with Crippen LogP contribution in [0.15, 0.2) is 42.5 Å². The topological polar surface area (TPSA) is 29.1 Å². The van der Waals surface area contributed by atoms with E-state index in [-0.39, 0.29) is 16.7 Å². The van der Waals surface area contributed by atoms with Crippen molar-refractivity contribution in [2.45, 2.75) is 65.2 Å². The number of benzene rings is 2. The van der Waals surface area contributed by atoms with Crippen molar-refractivity contribution >= 4 is 34.2 Å². The molecule has 2 nitrogen and oxygen atoms in total. The maximum Gasteiger partial charge on any atom is 0.224 e. The minimum absolute atomic E-state index is 0.0200. The third kappa shape index (κ3) is 5.57. The Morgan fingerprint density at radius 2 is 1.62 bits per heavy atom. The molecule has 2 rings (SSSR count). The van der Waals surface area contributed by atoms with Gasteiger partial charge in [0.05, 0.1) is 0 Å². The zero-order chi connectivity index (χ0) is 19.5. The quantitative estimate of drug-likeness (QED) is 0.519. The molecule has 0 spiro atoms. The lowest BCUT2D eigenvalue weighted by Crippen LogP contribution is -2.21. The van der Waals surface area contributed by atoms with Gasteiger partial charge in [-0.15, -0.1) is 0 Å². The molecule has 140 valence electrons. The highest BCUT2D eigenvalue weighted by atomic mass is 127. The van der Waals surface area contributed by atoms with Crippen molar-refractivity contribution in [3.8, 4) is 0 Å². The SMILES string of the molecule is CC(C)(C)c1ccc(C(C)(C)C)c(NC(=O)CCc2ccccc2I)c1. The Labute approximate surface area is 171 Å². The number of anilines is 1. The number of carbonyl (C=O) groups is 1. The van der Waals surface area contributed by atoms with E-state index in [1.54, 1.807) is 0 Å². The van der Waals surface area contributed by atoms with E-state index < -0.39 is 0 Å². The first-order chi connectivity index (χ1) is 12.0. The van der Waals surface area contributed by atoms with Crippen molar-refractivity contribution in [2.24, 2.45) is 0 Å². The van der Waals surface area contributed by atoms with Crippen LogP contribution in [-0.2, 0) is 22.0 Å². The summed E-state index contributed by atoms with van der Waals surface area (Å²) >= 11 is 2.33. The summed E-state index contributed by atoms with van der Waals surface area (Å²) < 4.78 is 1.21. The number of amides is 1. The van der Waals surface area contributed by atoms with Crippen LogP contribution in [0.3, 0.4) is 0 Å². The van der Waals surface area contributed by atoms with E-state index in [2.05, 4.69) is 99.8 Å². The van der Waals surface area contributed by atoms with Gasteiger partial charge in [-0.25, -0.2) is 0 Å². The molecule has 0 atom stereocenters. The minimum atomic E-state index is -0.0200. The lowest BCUT2D eigenvalue weighted by molar-refractivity contribution is -0.116. The molecule has 0 aliphatic carbocycles. The average Bonchev–Trinajstić information content (AvgIpc) is 2.52. The average molecular weight is 463 g/mol. The first-order valence-corrected chi connectivity index (χ1v) is 10.2. The normalized spacial score (nSPS) is 12.1. The third-order valence-corrected chi connectivity index (χ3v) is 5.60. The van der Waals surface area contributed by atoms with E-state index in [0.29, 0.717) is 6.42 Å². The molecule has 3 heteroatoms. The molecule has 1 amide bonds. The van der Waals surface area contributed by atoms with Gasteiger partial charge in [0.2, 0.25) is 5.91 Å². The van der Waals surface area contributed by atoms with Crippen molar-refractivity contribution in [1.29, 1.82) is 0 Å². The first kappa shape index (κ1) is 20.9. The molecule has 2 aromatic rings. The predicted molar refractivity (Wildman–Crippen MR) is 120 cm³/mol. The van der Waals surface area contributed by atoms with Gasteiger partial charge in [0.15, 0.2) is 0 Å². The molecule has 0 unspecified atom stereocenters. The van der Waals surface area contributed by atoms with Crippen molar-refractivity contribution in [3.05, 3.63) is 62.7 Å². The molecule has 0 aliphatic heterocycles. The van der Waals surface area contributed by atoms with Crippen molar-refractivity contribution < 1.29 is 4.79 Å². The maximum absolute atomic E-state index is 12.6. The van der Waals surface area contributed by atoms with Gasteiger partial charge in [-0.3, -0.25) is 4.79 Å². The fraction of sp³-hybridized carbons (Fsp3) is 0.435. The van der Waals surface area contributed by atoms with E-state index in [4.69, 9.17) is 0 Å². The fourth-order valence-electron chi connectivity index (χ4n) is 2.93. The molecule has 0 aromatic heterocycles. The van der Waals surface area contributed by atoms with Gasteiger partial charge < -0.3 is 5.32 Å². The van der Waals surface area contributed by atoms with E-state index in [9.17, 15) is 4.79 Å². The summed E-state index contributed by atoms with van der Waals surface area (Å²) in [5, 5.41) is 3.18. The maximum atomic E-state index is 12.6. The van der Waals surface area contributed by atoms with Crippen LogP contribution in [0.4, 0.5) is 5.69 Å². The van der Waals surface area contributed by atoms with Gasteiger partial charge in [0.25, 0.3) is 0 Å². The highest BCUT2D eigenvalue weighted by molar-refractivity contribution is 14.1. The molecular weight excluding hydrogens is 433 g/mol. The van der Waals surface area contributed by atoms with Crippen LogP contribution in [0.2, 0.25) is 0 Å². The van der Waals surface area contributed by atoms with Gasteiger partial charge in [-0.1, -0.05) is 71.9 Å². The van der Waals surface area contributed by atoms with Crippen LogP contribution in [0.1, 0.15) is 64.7 Å². The second-order valence-electron chi connectivity index (χ2n) is 8.90. The summed E-state index contributed by atoms with van der Waals surface area (Å²) in [4.78, 5) is 12.6. The van der Waals surface area contributed by atoms with Crippen LogP contribution < -0.4 is 5.32 Å². The fourth-order valence-corrected chi connectivity index (χ4v) is 3.59. The second kappa shape index (κ2) is 8.12. The van der Waals surface area contributed by atoms with Gasteiger partial charge in [0, 0.05) is 15.7 Å². The minimum Gasteiger partial charge on any atom is -0.326 e. The Hall–Kier alpha value is -1.36. The lowest BCUT2D eigenvalue weighted by Gasteiger charge is -2.27. The van der Waals surface area contributed by atoms with Crippen molar-refractivity contribution in [3.63, 3.8) is 0 Å². The molecule has 1 N–H and O–H groups in total. The summed E-state index contributed by atoms with van der Waals surface area (Å²) in [6, 6.07) is 14.7. The molecule has 2 aromatic carbocycles. The van der Waals surface area contributed by atoms with Crippen LogP contribution in [0.25, 0.3) is 0 Å². The molecule has 0 fully saturated rings. The van der Waals surface area contributed by atoms with E-state index in [0.717, 1.165) is 12.1 Å². The van der Waals surface area contributed by atoms with Crippen LogP contribution in [0, 0.1) is 3.57 Å². The highest BCUT2D eigenvalue weighted by Crippen LogP contribution is 2.34. The van der Waals surface area contributed by atoms with E-state index in [1.165, 1.54) is 20.3 Å². The summed E-state index contributed by atoms with van der Waals surface area (Å²) in [6.45, 7) is 13.1. The van der Waals surface area contributed by atoms with E-state index >= 15 is 0 Å². The number of carbonyl (C=O) groups excluding carboxylic acids is 1. The largest absolute Gasteiger partial charge is 0.326 e. The third-order valence-electron chi connectivity index (χ3n) is 4.55. The molecule has 0 aliphatic rings. The van der Waals surface area contributed by atoms with Crippen molar-refractivity contribution in [1.82, 2.24) is 0 Å². The number of aryl methyl sites for hydroxylation is 1. The van der Waals surface area contributed by atoms with Gasteiger partial charge in [-0.05, 0) is 68.7 Å². The molecule has 26 heavy (non-hydrogen) atoms. The number of hydrogen-bond acceptors (Lipinski definition) is 1. The summed E-state index contributed by atoms with van der Waals surface area (Å²) in [7, 11) is 0. The number of hydrogen-bond donors (Lipinski definition) is 1. The van der Waals surface area contributed by atoms with Gasteiger partial charge in [-0.2, -0.15) is 0 Å². The second-order valence-corrected chi connectivity index (χ2v) is 10.1. The van der Waals surface area contributed by atoms with Gasteiger partial charge in [0.1, 0.15) is 0 Å². The number of rotatable bonds is 4. The Morgan fingerprint density at radius 3 is 2.19 bits per heavy atom. The molecule has 0 radical (unpaired) electrons. The summed E-state index contributed by atoms with van der Waals surface area (Å²) in [5.74, 6) is 0.0706.